The number of fused-ring (bicyclic) bond motifs is 1. The van der Waals surface area contributed by atoms with Crippen LogP contribution in [0.25, 0.3) is 10.9 Å². The van der Waals surface area contributed by atoms with Crippen LogP contribution in [0.2, 0.25) is 0 Å². The largest absolute Gasteiger partial charge is 0.481 e. The van der Waals surface area contributed by atoms with E-state index in [2.05, 4.69) is 10.3 Å². The van der Waals surface area contributed by atoms with Crippen molar-refractivity contribution in [3.8, 4) is 5.88 Å². The zero-order valence-corrected chi connectivity index (χ0v) is 13.7. The van der Waals surface area contributed by atoms with Gasteiger partial charge in [0.05, 0.1) is 23.9 Å². The molecule has 1 aromatic carbocycles. The van der Waals surface area contributed by atoms with Gasteiger partial charge in [-0.25, -0.2) is 4.98 Å². The molecular formula is C19H20N2O4. The minimum Gasteiger partial charge on any atom is -0.481 e. The molecule has 2 N–H and O–H groups in total. The Morgan fingerprint density at radius 2 is 1.88 bits per heavy atom. The molecule has 1 aliphatic carbocycles. The molecule has 0 radical (unpaired) electrons. The average Bonchev–Trinajstić information content (AvgIpc) is 2.65. The highest BCUT2D eigenvalue weighted by atomic mass is 16.5. The molecule has 1 amide bonds. The maximum Gasteiger partial charge on any atom is 0.307 e. The number of rotatable bonds is 6. The Kier molecular flexibility index (Phi) is 5.28. The van der Waals surface area contributed by atoms with Crippen molar-refractivity contribution in [2.75, 3.05) is 13.2 Å². The Bertz CT molecular complexity index is 803. The second-order valence-corrected chi connectivity index (χ2v) is 5.98. The van der Waals surface area contributed by atoms with Gasteiger partial charge < -0.3 is 15.2 Å². The van der Waals surface area contributed by atoms with Gasteiger partial charge >= 0.3 is 5.97 Å². The van der Waals surface area contributed by atoms with E-state index in [4.69, 9.17) is 4.74 Å². The fourth-order valence-corrected chi connectivity index (χ4v) is 2.97. The van der Waals surface area contributed by atoms with Crippen LogP contribution in [0.4, 0.5) is 0 Å². The standard InChI is InChI=1S/C19H20N2O4/c22-18(14-6-2-3-7-15(14)19(23)24)20-11-12-25-17-10-9-13-5-1-4-8-16(13)21-17/h1-5,8-10,14-15H,6-7,11-12H2,(H,20,22)(H,23,24). The van der Waals surface area contributed by atoms with E-state index in [9.17, 15) is 14.7 Å². The van der Waals surface area contributed by atoms with Crippen LogP contribution in [-0.4, -0.2) is 35.1 Å². The van der Waals surface area contributed by atoms with E-state index in [1.807, 2.05) is 42.5 Å². The summed E-state index contributed by atoms with van der Waals surface area (Å²) in [4.78, 5) is 27.9. The summed E-state index contributed by atoms with van der Waals surface area (Å²) in [6.07, 6.45) is 4.52. The number of hydrogen-bond donors (Lipinski definition) is 2. The van der Waals surface area contributed by atoms with Crippen molar-refractivity contribution in [2.24, 2.45) is 11.8 Å². The number of nitrogens with zero attached hydrogens (tertiary/aromatic N) is 1. The van der Waals surface area contributed by atoms with Crippen molar-refractivity contribution >= 4 is 22.8 Å². The number of amides is 1. The molecular weight excluding hydrogens is 320 g/mol. The summed E-state index contributed by atoms with van der Waals surface area (Å²) in [6, 6.07) is 11.5. The zero-order valence-electron chi connectivity index (χ0n) is 13.7. The predicted octanol–water partition coefficient (Wildman–Crippen LogP) is 2.40. The molecule has 1 heterocycles. The molecule has 0 saturated heterocycles. The summed E-state index contributed by atoms with van der Waals surface area (Å²) in [5.74, 6) is -1.86. The van der Waals surface area contributed by atoms with Crippen LogP contribution in [0.5, 0.6) is 5.88 Å². The third-order valence-corrected chi connectivity index (χ3v) is 4.31. The lowest BCUT2D eigenvalue weighted by atomic mass is 9.82. The number of carboxylic acid groups (broad SMARTS) is 1. The van der Waals surface area contributed by atoms with Gasteiger partial charge in [-0.15, -0.1) is 0 Å². The topological polar surface area (TPSA) is 88.5 Å². The lowest BCUT2D eigenvalue weighted by Gasteiger charge is -2.24. The highest BCUT2D eigenvalue weighted by Gasteiger charge is 2.33. The molecule has 3 rings (SSSR count). The molecule has 6 heteroatoms. The summed E-state index contributed by atoms with van der Waals surface area (Å²) in [6.45, 7) is 0.581. The van der Waals surface area contributed by atoms with Crippen molar-refractivity contribution in [3.05, 3.63) is 48.6 Å². The minimum atomic E-state index is -0.930. The molecule has 0 spiro atoms. The molecule has 0 fully saturated rings. The fourth-order valence-electron chi connectivity index (χ4n) is 2.97. The molecule has 6 nitrogen and oxygen atoms in total. The van der Waals surface area contributed by atoms with Gasteiger partial charge in [0.25, 0.3) is 0 Å². The number of nitrogens with one attached hydrogen (secondary N) is 1. The van der Waals surface area contributed by atoms with E-state index in [0.29, 0.717) is 25.3 Å². The summed E-state index contributed by atoms with van der Waals surface area (Å²) in [5, 5.41) is 13.0. The van der Waals surface area contributed by atoms with Gasteiger partial charge in [0.2, 0.25) is 11.8 Å². The number of ether oxygens (including phenoxy) is 1. The Labute approximate surface area is 145 Å². The van der Waals surface area contributed by atoms with Crippen LogP contribution >= 0.6 is 0 Å². The van der Waals surface area contributed by atoms with Crippen LogP contribution in [0.1, 0.15) is 12.8 Å². The molecule has 0 aliphatic heterocycles. The van der Waals surface area contributed by atoms with Crippen molar-refractivity contribution < 1.29 is 19.4 Å². The Morgan fingerprint density at radius 1 is 1.12 bits per heavy atom. The van der Waals surface area contributed by atoms with E-state index in [1.54, 1.807) is 6.07 Å². The average molecular weight is 340 g/mol. The van der Waals surface area contributed by atoms with Gasteiger partial charge in [-0.1, -0.05) is 30.4 Å². The number of allylic oxidation sites excluding steroid dienone is 2. The maximum atomic E-state index is 12.2. The Balaban J connectivity index is 1.49. The molecule has 0 saturated carbocycles. The molecule has 1 aliphatic rings. The number of carboxylic acids is 1. The van der Waals surface area contributed by atoms with Crippen molar-refractivity contribution in [1.82, 2.24) is 10.3 Å². The zero-order chi connectivity index (χ0) is 17.6. The summed E-state index contributed by atoms with van der Waals surface area (Å²) >= 11 is 0. The number of carbonyl (C=O) groups is 2. The third-order valence-electron chi connectivity index (χ3n) is 4.31. The van der Waals surface area contributed by atoms with Gasteiger partial charge in [0, 0.05) is 11.5 Å². The van der Waals surface area contributed by atoms with Gasteiger partial charge in [-0.05, 0) is 25.0 Å². The molecule has 2 aromatic rings. The lowest BCUT2D eigenvalue weighted by molar-refractivity contribution is -0.147. The van der Waals surface area contributed by atoms with Gasteiger partial charge in [-0.3, -0.25) is 9.59 Å². The van der Waals surface area contributed by atoms with Gasteiger partial charge in [0.15, 0.2) is 0 Å². The van der Waals surface area contributed by atoms with Crippen LogP contribution in [0, 0.1) is 11.8 Å². The summed E-state index contributed by atoms with van der Waals surface area (Å²) in [7, 11) is 0. The van der Waals surface area contributed by atoms with Crippen molar-refractivity contribution in [2.45, 2.75) is 12.8 Å². The smallest absolute Gasteiger partial charge is 0.307 e. The SMILES string of the molecule is O=C(O)C1CC=CCC1C(=O)NCCOc1ccc2ccccc2n1. The van der Waals surface area contributed by atoms with Crippen LogP contribution in [0.3, 0.4) is 0 Å². The monoisotopic (exact) mass is 340 g/mol. The number of carbonyl (C=O) groups excluding carboxylic acids is 1. The quantitative estimate of drug-likeness (QED) is 0.623. The van der Waals surface area contributed by atoms with E-state index in [1.165, 1.54) is 0 Å². The first-order chi connectivity index (χ1) is 12.1. The van der Waals surface area contributed by atoms with E-state index < -0.39 is 17.8 Å². The van der Waals surface area contributed by atoms with E-state index in [0.717, 1.165) is 10.9 Å². The molecule has 130 valence electrons. The summed E-state index contributed by atoms with van der Waals surface area (Å²) < 4.78 is 5.57. The first kappa shape index (κ1) is 17.0. The highest BCUT2D eigenvalue weighted by molar-refractivity contribution is 5.85. The minimum absolute atomic E-state index is 0.244. The van der Waals surface area contributed by atoms with Crippen molar-refractivity contribution in [1.29, 1.82) is 0 Å². The first-order valence-corrected chi connectivity index (χ1v) is 8.29. The molecule has 2 unspecified atom stereocenters. The number of benzene rings is 1. The fraction of sp³-hybridized carbons (Fsp3) is 0.316. The summed E-state index contributed by atoms with van der Waals surface area (Å²) in [5.41, 5.74) is 0.849. The number of aromatic nitrogens is 1. The molecule has 0 bridgehead atoms. The molecule has 2 atom stereocenters. The van der Waals surface area contributed by atoms with Crippen LogP contribution in [-0.2, 0) is 9.59 Å². The number of hydrogen-bond acceptors (Lipinski definition) is 4. The number of aliphatic carboxylic acids is 1. The van der Waals surface area contributed by atoms with E-state index >= 15 is 0 Å². The normalized spacial score (nSPS) is 19.5. The first-order valence-electron chi connectivity index (χ1n) is 8.29. The molecule has 25 heavy (non-hydrogen) atoms. The Morgan fingerprint density at radius 3 is 2.68 bits per heavy atom. The van der Waals surface area contributed by atoms with Gasteiger partial charge in [-0.2, -0.15) is 0 Å². The van der Waals surface area contributed by atoms with Gasteiger partial charge in [0.1, 0.15) is 6.61 Å². The molecule has 1 aromatic heterocycles. The van der Waals surface area contributed by atoms with Crippen LogP contribution < -0.4 is 10.1 Å². The van der Waals surface area contributed by atoms with Crippen LogP contribution in [0.15, 0.2) is 48.6 Å². The second kappa shape index (κ2) is 7.79. The Hall–Kier alpha value is -2.89. The highest BCUT2D eigenvalue weighted by Crippen LogP contribution is 2.26. The van der Waals surface area contributed by atoms with Crippen molar-refractivity contribution in [3.63, 3.8) is 0 Å². The predicted molar refractivity (Wildman–Crippen MR) is 93.2 cm³/mol. The maximum absolute atomic E-state index is 12.2. The lowest BCUT2D eigenvalue weighted by Crippen LogP contribution is -2.40. The van der Waals surface area contributed by atoms with E-state index in [-0.39, 0.29) is 12.5 Å². The number of pyridine rings is 1. The third kappa shape index (κ3) is 4.15. The number of para-hydroxylation sites is 1. The second-order valence-electron chi connectivity index (χ2n) is 5.98.